The fourth-order valence-electron chi connectivity index (χ4n) is 3.21. The van der Waals surface area contributed by atoms with Crippen LogP contribution in [0.25, 0.3) is 22.0 Å². The molecule has 6 heteroatoms. The third-order valence-corrected chi connectivity index (χ3v) is 4.69. The smallest absolute Gasteiger partial charge is 0.251 e. The van der Waals surface area contributed by atoms with E-state index in [-0.39, 0.29) is 18.3 Å². The van der Waals surface area contributed by atoms with Gasteiger partial charge in [0.1, 0.15) is 5.82 Å². The molecule has 0 aliphatic heterocycles. The van der Waals surface area contributed by atoms with E-state index in [9.17, 15) is 9.18 Å². The summed E-state index contributed by atoms with van der Waals surface area (Å²) in [4.78, 5) is 12.8. The predicted octanol–water partition coefficient (Wildman–Crippen LogP) is 3.80. The van der Waals surface area contributed by atoms with E-state index in [0.717, 1.165) is 22.0 Å². The lowest BCUT2D eigenvalue weighted by atomic mass is 10.0. The van der Waals surface area contributed by atoms with Gasteiger partial charge in [0.15, 0.2) is 0 Å². The highest BCUT2D eigenvalue weighted by atomic mass is 19.1. The quantitative estimate of drug-likeness (QED) is 0.497. The second kappa shape index (κ2) is 7.62. The Morgan fingerprint density at radius 1 is 1.07 bits per heavy atom. The van der Waals surface area contributed by atoms with Crippen LogP contribution in [0.4, 0.5) is 4.39 Å². The molecule has 1 unspecified atom stereocenters. The van der Waals surface area contributed by atoms with Gasteiger partial charge >= 0.3 is 0 Å². The zero-order valence-electron chi connectivity index (χ0n) is 15.0. The third-order valence-electron chi connectivity index (χ3n) is 4.69. The van der Waals surface area contributed by atoms with Crippen LogP contribution in [0.2, 0.25) is 0 Å². The zero-order chi connectivity index (χ0) is 19.5. The number of fused-ring (bicyclic) bond motifs is 1. The van der Waals surface area contributed by atoms with Crippen molar-refractivity contribution < 1.29 is 9.18 Å². The molecule has 0 saturated heterocycles. The lowest BCUT2D eigenvalue weighted by Crippen LogP contribution is -2.33. The van der Waals surface area contributed by atoms with Crippen molar-refractivity contribution in [2.45, 2.75) is 6.04 Å². The van der Waals surface area contributed by atoms with Crippen molar-refractivity contribution >= 4 is 16.8 Å². The van der Waals surface area contributed by atoms with Gasteiger partial charge in [0, 0.05) is 17.5 Å². The number of aromatic amines is 1. The first-order valence-electron chi connectivity index (χ1n) is 8.94. The highest BCUT2D eigenvalue weighted by Crippen LogP contribution is 2.24. The molecule has 0 aliphatic rings. The number of hydrogen-bond donors (Lipinski definition) is 3. The van der Waals surface area contributed by atoms with Crippen LogP contribution in [-0.4, -0.2) is 22.6 Å². The van der Waals surface area contributed by atoms with Crippen LogP contribution in [0.3, 0.4) is 0 Å². The van der Waals surface area contributed by atoms with Crippen LogP contribution in [0, 0.1) is 5.82 Å². The summed E-state index contributed by atoms with van der Waals surface area (Å²) in [5.41, 5.74) is 9.82. The second-order valence-corrected chi connectivity index (χ2v) is 6.57. The van der Waals surface area contributed by atoms with Gasteiger partial charge in [-0.3, -0.25) is 9.89 Å². The van der Waals surface area contributed by atoms with Crippen molar-refractivity contribution in [3.63, 3.8) is 0 Å². The van der Waals surface area contributed by atoms with E-state index >= 15 is 0 Å². The minimum atomic E-state index is -0.464. The van der Waals surface area contributed by atoms with Gasteiger partial charge in [-0.25, -0.2) is 4.39 Å². The van der Waals surface area contributed by atoms with Crippen molar-refractivity contribution in [2.24, 2.45) is 5.73 Å². The van der Waals surface area contributed by atoms with Crippen LogP contribution in [0.15, 0.2) is 72.9 Å². The fourth-order valence-corrected chi connectivity index (χ4v) is 3.21. The number of amides is 1. The molecule has 0 radical (unpaired) electrons. The highest BCUT2D eigenvalue weighted by molar-refractivity contribution is 5.96. The van der Waals surface area contributed by atoms with Gasteiger partial charge in [-0.2, -0.15) is 5.10 Å². The number of aromatic nitrogens is 2. The first kappa shape index (κ1) is 17.9. The van der Waals surface area contributed by atoms with Crippen LogP contribution < -0.4 is 11.1 Å². The van der Waals surface area contributed by atoms with Crippen LogP contribution >= 0.6 is 0 Å². The average molecular weight is 374 g/mol. The molecule has 1 amide bonds. The molecule has 28 heavy (non-hydrogen) atoms. The number of carbonyl (C=O) groups excluding carboxylic acids is 1. The molecule has 3 aromatic carbocycles. The summed E-state index contributed by atoms with van der Waals surface area (Å²) in [5.74, 6) is -0.618. The zero-order valence-corrected chi connectivity index (χ0v) is 15.0. The van der Waals surface area contributed by atoms with E-state index in [1.165, 1.54) is 12.1 Å². The summed E-state index contributed by atoms with van der Waals surface area (Å²) in [7, 11) is 0. The van der Waals surface area contributed by atoms with Gasteiger partial charge in [0.2, 0.25) is 0 Å². The second-order valence-electron chi connectivity index (χ2n) is 6.57. The van der Waals surface area contributed by atoms with Gasteiger partial charge in [0.25, 0.3) is 5.91 Å². The van der Waals surface area contributed by atoms with Crippen LogP contribution in [0.1, 0.15) is 22.0 Å². The van der Waals surface area contributed by atoms with E-state index in [1.807, 2.05) is 36.4 Å². The van der Waals surface area contributed by atoms with Crippen LogP contribution in [-0.2, 0) is 0 Å². The number of nitrogens with zero attached hydrogens (tertiary/aromatic N) is 1. The molecule has 0 aliphatic carbocycles. The largest absolute Gasteiger partial charge is 0.344 e. The first-order valence-corrected chi connectivity index (χ1v) is 8.94. The van der Waals surface area contributed by atoms with E-state index < -0.39 is 6.04 Å². The van der Waals surface area contributed by atoms with Crippen molar-refractivity contribution in [2.75, 3.05) is 6.54 Å². The summed E-state index contributed by atoms with van der Waals surface area (Å²) < 4.78 is 13.5. The molecule has 4 N–H and O–H groups in total. The number of nitrogens with two attached hydrogens (primary N) is 1. The minimum absolute atomic E-state index is 0.173. The maximum atomic E-state index is 13.5. The van der Waals surface area contributed by atoms with Gasteiger partial charge in [0.05, 0.1) is 17.8 Å². The number of rotatable bonds is 5. The molecule has 0 fully saturated rings. The number of nitrogens with one attached hydrogen (secondary N) is 2. The number of hydrogen-bond acceptors (Lipinski definition) is 3. The molecule has 5 nitrogen and oxygen atoms in total. The fraction of sp³-hybridized carbons (Fsp3) is 0.0909. The van der Waals surface area contributed by atoms with E-state index in [1.54, 1.807) is 24.4 Å². The SMILES string of the molecule is NCC(NC(=O)c1cccc(-c2ccc3[nH]ncc3c2)c1)c1cccc(F)c1. The summed E-state index contributed by atoms with van der Waals surface area (Å²) >= 11 is 0. The van der Waals surface area contributed by atoms with E-state index in [2.05, 4.69) is 15.5 Å². The standard InChI is InChI=1S/C22H19FN4O/c23-19-6-2-4-16(11-19)21(12-24)26-22(28)17-5-1-3-14(9-17)15-7-8-20-18(10-15)13-25-27-20/h1-11,13,21H,12,24H2,(H,25,27)(H,26,28). The predicted molar refractivity (Wildman–Crippen MR) is 107 cm³/mol. The van der Waals surface area contributed by atoms with Crippen molar-refractivity contribution in [3.8, 4) is 11.1 Å². The monoisotopic (exact) mass is 374 g/mol. The molecule has 4 rings (SSSR count). The van der Waals surface area contributed by atoms with Crippen LogP contribution in [0.5, 0.6) is 0 Å². The Morgan fingerprint density at radius 2 is 1.89 bits per heavy atom. The Balaban J connectivity index is 1.58. The van der Waals surface area contributed by atoms with E-state index in [0.29, 0.717) is 11.1 Å². The molecule has 1 aromatic heterocycles. The first-order chi connectivity index (χ1) is 13.6. The molecule has 1 heterocycles. The Morgan fingerprint density at radius 3 is 2.71 bits per heavy atom. The average Bonchev–Trinajstić information content (AvgIpc) is 3.20. The minimum Gasteiger partial charge on any atom is -0.344 e. The molecule has 0 saturated carbocycles. The molecule has 1 atom stereocenters. The molecule has 140 valence electrons. The van der Waals surface area contributed by atoms with Crippen molar-refractivity contribution in [1.82, 2.24) is 15.5 Å². The summed E-state index contributed by atoms with van der Waals surface area (Å²) in [5, 5.41) is 10.8. The van der Waals surface area contributed by atoms with Gasteiger partial charge in [-0.1, -0.05) is 30.3 Å². The molecular weight excluding hydrogens is 355 g/mol. The normalized spacial score (nSPS) is 12.1. The Hall–Kier alpha value is -3.51. The van der Waals surface area contributed by atoms with Gasteiger partial charge < -0.3 is 11.1 Å². The highest BCUT2D eigenvalue weighted by Gasteiger charge is 2.15. The van der Waals surface area contributed by atoms with Gasteiger partial charge in [-0.05, 0) is 53.1 Å². The number of halogens is 1. The molecular formula is C22H19FN4O. The van der Waals surface area contributed by atoms with Crippen molar-refractivity contribution in [3.05, 3.63) is 89.9 Å². The number of benzene rings is 3. The van der Waals surface area contributed by atoms with Crippen molar-refractivity contribution in [1.29, 1.82) is 0 Å². The summed E-state index contributed by atoms with van der Waals surface area (Å²) in [6.45, 7) is 0.173. The summed E-state index contributed by atoms with van der Waals surface area (Å²) in [6, 6.07) is 18.9. The van der Waals surface area contributed by atoms with E-state index in [4.69, 9.17) is 5.73 Å². The number of carbonyl (C=O) groups is 1. The summed E-state index contributed by atoms with van der Waals surface area (Å²) in [6.07, 6.45) is 1.76. The molecule has 0 bridgehead atoms. The maximum absolute atomic E-state index is 13.5. The maximum Gasteiger partial charge on any atom is 0.251 e. The van der Waals surface area contributed by atoms with Gasteiger partial charge in [-0.15, -0.1) is 0 Å². The Labute approximate surface area is 161 Å². The third kappa shape index (κ3) is 3.63. The molecule has 0 spiro atoms. The topological polar surface area (TPSA) is 83.8 Å². The lowest BCUT2D eigenvalue weighted by molar-refractivity contribution is 0.0938. The Bertz CT molecular complexity index is 1140. The molecule has 4 aromatic rings. The Kier molecular flexibility index (Phi) is 4.87. The number of H-pyrrole nitrogens is 1. The lowest BCUT2D eigenvalue weighted by Gasteiger charge is -2.17.